The third-order valence-corrected chi connectivity index (χ3v) is 17.7. The van der Waals surface area contributed by atoms with Gasteiger partial charge in [-0.15, -0.1) is 5.10 Å². The van der Waals surface area contributed by atoms with Gasteiger partial charge in [-0.2, -0.15) is 0 Å². The lowest BCUT2D eigenvalue weighted by Crippen LogP contribution is -2.51. The van der Waals surface area contributed by atoms with Crippen molar-refractivity contribution in [2.75, 3.05) is 41.5 Å². The summed E-state index contributed by atoms with van der Waals surface area (Å²) in [6.45, 7) is 8.90. The summed E-state index contributed by atoms with van der Waals surface area (Å²) in [4.78, 5) is 46.1. The number of anilines is 3. The van der Waals surface area contributed by atoms with Gasteiger partial charge in [-0.3, -0.25) is 19.1 Å². The van der Waals surface area contributed by atoms with Gasteiger partial charge >= 0.3 is 0 Å². The maximum absolute atomic E-state index is 15.5. The van der Waals surface area contributed by atoms with E-state index in [9.17, 15) is 14.7 Å². The van der Waals surface area contributed by atoms with Crippen molar-refractivity contribution in [3.63, 3.8) is 0 Å². The van der Waals surface area contributed by atoms with Gasteiger partial charge in [0.25, 0.3) is 5.91 Å². The Bertz CT molecular complexity index is 2400. The van der Waals surface area contributed by atoms with Crippen LogP contribution < -0.4 is 24.6 Å². The summed E-state index contributed by atoms with van der Waals surface area (Å²) < 4.78 is 14.8. The molecule has 4 aliphatic heterocycles. The number of β-lactam (4-membered cyclic amide) rings is 2. The summed E-state index contributed by atoms with van der Waals surface area (Å²) in [5.41, 5.74) is 4.37. The SMILES string of the molecule is COc1ccc([Si](C)(C)[C@@H]2[C@@H](CCn3cc(C(CO)c4ccccc4)nn3)O[C@]3(C(=O)N(Cc4cccc(N5CCC5=O)c4)c4ccc(N5CCC5=O)cc43)[C@H]2C)cc1. The lowest BCUT2D eigenvalue weighted by Gasteiger charge is -2.37. The highest BCUT2D eigenvalue weighted by atomic mass is 28.3. The van der Waals surface area contributed by atoms with Crippen LogP contribution in [0.15, 0.2) is 103 Å². The van der Waals surface area contributed by atoms with Gasteiger partial charge in [0.1, 0.15) is 5.75 Å². The van der Waals surface area contributed by atoms with Crippen LogP contribution in [0.4, 0.5) is 17.1 Å². The van der Waals surface area contributed by atoms with Gasteiger partial charge in [0, 0.05) is 61.5 Å². The number of benzene rings is 4. The number of nitrogens with zero attached hydrogens (tertiary/aromatic N) is 6. The highest BCUT2D eigenvalue weighted by molar-refractivity contribution is 6.91. The maximum atomic E-state index is 15.5. The van der Waals surface area contributed by atoms with Gasteiger partial charge in [0.05, 0.1) is 51.7 Å². The second-order valence-corrected chi connectivity index (χ2v) is 21.5. The van der Waals surface area contributed by atoms with Gasteiger partial charge in [-0.1, -0.05) is 85.0 Å². The second-order valence-electron chi connectivity index (χ2n) is 16.9. The quantitative estimate of drug-likeness (QED) is 0.118. The molecule has 1 unspecified atom stereocenters. The Morgan fingerprint density at radius 1 is 0.898 bits per heavy atom. The fraction of sp³-hybridized carbons (Fsp3) is 0.370. The van der Waals surface area contributed by atoms with Crippen LogP contribution in [0.5, 0.6) is 5.75 Å². The van der Waals surface area contributed by atoms with Crippen LogP contribution in [0.1, 0.15) is 54.5 Å². The minimum atomic E-state index is -2.45. The topological polar surface area (TPSA) is 130 Å². The Kier molecular flexibility index (Phi) is 10.0. The van der Waals surface area contributed by atoms with Crippen molar-refractivity contribution in [2.24, 2.45) is 5.92 Å². The first kappa shape index (κ1) is 38.9. The van der Waals surface area contributed by atoms with Crippen LogP contribution in [0.2, 0.25) is 18.6 Å². The minimum Gasteiger partial charge on any atom is -0.497 e. The zero-order valence-electron chi connectivity index (χ0n) is 34.0. The smallest absolute Gasteiger partial charge is 0.264 e. The molecule has 12 nitrogen and oxygen atoms in total. The van der Waals surface area contributed by atoms with Crippen molar-refractivity contribution in [1.82, 2.24) is 15.0 Å². The molecule has 3 amide bonds. The molecule has 1 N–H and O–H groups in total. The first-order valence-corrected chi connectivity index (χ1v) is 23.7. The number of aliphatic hydroxyl groups is 1. The lowest BCUT2D eigenvalue weighted by atomic mass is 9.82. The molecule has 59 heavy (non-hydrogen) atoms. The van der Waals surface area contributed by atoms with E-state index in [1.165, 1.54) is 5.19 Å². The number of carbonyl (C=O) groups excluding carboxylic acids is 3. The zero-order chi connectivity index (χ0) is 41.1. The molecular formula is C46H50N6O6Si. The number of rotatable bonds is 13. The Labute approximate surface area is 345 Å². The van der Waals surface area contributed by atoms with Crippen molar-refractivity contribution in [3.05, 3.63) is 126 Å². The number of hydrogen-bond donors (Lipinski definition) is 1. The molecule has 1 aromatic heterocycles. The Hall–Kier alpha value is -5.63. The number of carbonyl (C=O) groups is 3. The molecule has 5 heterocycles. The summed E-state index contributed by atoms with van der Waals surface area (Å²) >= 11 is 0. The third kappa shape index (κ3) is 6.55. The number of aromatic nitrogens is 3. The van der Waals surface area contributed by atoms with Crippen molar-refractivity contribution >= 4 is 48.0 Å². The predicted octanol–water partition coefficient (Wildman–Crippen LogP) is 5.74. The number of methoxy groups -OCH3 is 1. The molecule has 4 aliphatic rings. The van der Waals surface area contributed by atoms with E-state index in [2.05, 4.69) is 42.5 Å². The molecule has 3 saturated heterocycles. The molecular weight excluding hydrogens is 761 g/mol. The van der Waals surface area contributed by atoms with Gasteiger partial charge in [-0.05, 0) is 65.6 Å². The molecule has 0 radical (unpaired) electrons. The number of amides is 3. The van der Waals surface area contributed by atoms with E-state index in [-0.39, 0.29) is 47.8 Å². The predicted molar refractivity (Wildman–Crippen MR) is 228 cm³/mol. The molecule has 13 heteroatoms. The molecule has 5 aromatic rings. The summed E-state index contributed by atoms with van der Waals surface area (Å²) in [6, 6.07) is 31.9. The average molecular weight is 811 g/mol. The van der Waals surface area contributed by atoms with Gasteiger partial charge in [-0.25, -0.2) is 0 Å². The fourth-order valence-corrected chi connectivity index (χ4v) is 14.0. The van der Waals surface area contributed by atoms with Gasteiger partial charge in [0.2, 0.25) is 11.8 Å². The number of aryl methyl sites for hydroxylation is 1. The molecule has 304 valence electrons. The minimum absolute atomic E-state index is 0.0137. The largest absolute Gasteiger partial charge is 0.497 e. The van der Waals surface area contributed by atoms with E-state index in [4.69, 9.17) is 9.47 Å². The van der Waals surface area contributed by atoms with Crippen LogP contribution in [-0.4, -0.2) is 78.8 Å². The van der Waals surface area contributed by atoms with Crippen LogP contribution in [0.25, 0.3) is 0 Å². The molecule has 9 rings (SSSR count). The van der Waals surface area contributed by atoms with Gasteiger partial charge in [0.15, 0.2) is 5.60 Å². The summed E-state index contributed by atoms with van der Waals surface area (Å²) in [5, 5.41) is 20.6. The molecule has 3 fully saturated rings. The van der Waals surface area contributed by atoms with Crippen molar-refractivity contribution in [3.8, 4) is 5.75 Å². The Morgan fingerprint density at radius 2 is 1.61 bits per heavy atom. The number of hydrogen-bond acceptors (Lipinski definition) is 8. The van der Waals surface area contributed by atoms with Crippen molar-refractivity contribution in [2.45, 2.75) is 75.5 Å². The molecule has 0 bridgehead atoms. The zero-order valence-corrected chi connectivity index (χ0v) is 35.0. The van der Waals surface area contributed by atoms with E-state index >= 15 is 4.79 Å². The van der Waals surface area contributed by atoms with E-state index in [0.29, 0.717) is 51.1 Å². The first-order chi connectivity index (χ1) is 28.5. The summed E-state index contributed by atoms with van der Waals surface area (Å²) in [6.07, 6.45) is 3.17. The Balaban J connectivity index is 1.10. The highest BCUT2D eigenvalue weighted by Gasteiger charge is 2.66. The number of fused-ring (bicyclic) bond motifs is 2. The molecule has 4 aromatic carbocycles. The van der Waals surface area contributed by atoms with E-state index in [1.54, 1.807) is 16.9 Å². The van der Waals surface area contributed by atoms with Crippen LogP contribution in [0, 0.1) is 5.92 Å². The van der Waals surface area contributed by atoms with Crippen molar-refractivity contribution < 1.29 is 29.0 Å². The maximum Gasteiger partial charge on any atom is 0.264 e. The third-order valence-electron chi connectivity index (χ3n) is 13.3. The average Bonchev–Trinajstić information content (AvgIpc) is 3.90. The van der Waals surface area contributed by atoms with Crippen LogP contribution in [0.3, 0.4) is 0 Å². The monoisotopic (exact) mass is 810 g/mol. The summed E-state index contributed by atoms with van der Waals surface area (Å²) in [5.74, 6) is 0.265. The second kappa shape index (κ2) is 15.2. The number of aliphatic hydroxyl groups excluding tert-OH is 1. The molecule has 5 atom stereocenters. The lowest BCUT2D eigenvalue weighted by molar-refractivity contribution is -0.146. The van der Waals surface area contributed by atoms with Crippen molar-refractivity contribution in [1.29, 1.82) is 0 Å². The normalized spacial score (nSPS) is 23.1. The van der Waals surface area contributed by atoms with E-state index in [1.807, 2.05) is 101 Å². The van der Waals surface area contributed by atoms with Crippen LogP contribution in [-0.2, 0) is 37.8 Å². The standard InChI is InChI=1S/C46H50N6O6Si/c1-30-44(59(3,4)36-16-14-35(57-2)15-17-36)41(19-22-49-28-39(47-48-49)37(29-53)32-10-6-5-7-11-32)58-46(30)38-26-34(51-24-21-43(51)55)13-18-40(38)52(45(46)56)27-31-9-8-12-33(25-31)50-23-20-42(50)54/h5-18,25-26,28,30,37,41,44,53H,19-24,27,29H2,1-4H3/t30-,37?,41+,44-,46+/m0/s1. The first-order valence-electron chi connectivity index (χ1n) is 20.6. The molecule has 0 saturated carbocycles. The van der Waals surface area contributed by atoms with Crippen LogP contribution >= 0.6 is 0 Å². The molecule has 1 spiro atoms. The highest BCUT2D eigenvalue weighted by Crippen LogP contribution is 2.60. The Morgan fingerprint density at radius 3 is 2.25 bits per heavy atom. The van der Waals surface area contributed by atoms with E-state index < -0.39 is 13.7 Å². The fourth-order valence-electron chi connectivity index (χ4n) is 9.97. The van der Waals surface area contributed by atoms with E-state index in [0.717, 1.165) is 39.5 Å². The summed E-state index contributed by atoms with van der Waals surface area (Å²) in [7, 11) is -0.781. The number of ether oxygens (including phenoxy) is 2. The molecule has 0 aliphatic carbocycles. The van der Waals surface area contributed by atoms with Gasteiger partial charge < -0.3 is 29.3 Å².